The molecule has 6 nitrogen and oxygen atoms in total. The van der Waals surface area contributed by atoms with Crippen LogP contribution in [0.3, 0.4) is 0 Å². The van der Waals surface area contributed by atoms with E-state index in [0.29, 0.717) is 24.0 Å². The fourth-order valence-corrected chi connectivity index (χ4v) is 3.54. The van der Waals surface area contributed by atoms with Crippen molar-refractivity contribution in [3.05, 3.63) is 63.3 Å². The molecule has 0 spiro atoms. The van der Waals surface area contributed by atoms with Crippen LogP contribution >= 0.6 is 46.9 Å². The van der Waals surface area contributed by atoms with Crippen LogP contribution < -0.4 is 10.6 Å². The fourth-order valence-electron chi connectivity index (χ4n) is 2.52. The van der Waals surface area contributed by atoms with Gasteiger partial charge in [-0.25, -0.2) is 14.7 Å². The van der Waals surface area contributed by atoms with Crippen molar-refractivity contribution >= 4 is 52.9 Å². The largest absolute Gasteiger partial charge is 0.357 e. The van der Waals surface area contributed by atoms with Gasteiger partial charge in [-0.05, 0) is 37.1 Å². The molecule has 0 radical (unpaired) electrons. The van der Waals surface area contributed by atoms with Gasteiger partial charge in [-0.3, -0.25) is 0 Å². The summed E-state index contributed by atoms with van der Waals surface area (Å²) >= 11 is 7.62. The van der Waals surface area contributed by atoms with Crippen molar-refractivity contribution in [1.29, 1.82) is 0 Å². The van der Waals surface area contributed by atoms with Gasteiger partial charge in [-0.15, -0.1) is 35.3 Å². The highest BCUT2D eigenvalue weighted by atomic mass is 127. The Kier molecular flexibility index (Phi) is 9.38. The van der Waals surface area contributed by atoms with Gasteiger partial charge in [0.05, 0.1) is 30.7 Å². The molecule has 3 rings (SSSR count). The summed E-state index contributed by atoms with van der Waals surface area (Å²) < 4.78 is 1.82. The first-order valence-corrected chi connectivity index (χ1v) is 10.6. The Morgan fingerprint density at radius 2 is 2.00 bits per heavy atom. The van der Waals surface area contributed by atoms with E-state index < -0.39 is 0 Å². The smallest absolute Gasteiger partial charge is 0.191 e. The summed E-state index contributed by atoms with van der Waals surface area (Å²) in [6.45, 7) is 8.36. The van der Waals surface area contributed by atoms with Gasteiger partial charge in [-0.2, -0.15) is 5.10 Å². The third-order valence-corrected chi connectivity index (χ3v) is 5.18. The van der Waals surface area contributed by atoms with Crippen molar-refractivity contribution in [2.24, 2.45) is 4.99 Å². The van der Waals surface area contributed by atoms with Crippen LogP contribution in [0.1, 0.15) is 43.0 Å². The van der Waals surface area contributed by atoms with Gasteiger partial charge < -0.3 is 10.6 Å². The van der Waals surface area contributed by atoms with Crippen LogP contribution in [0.4, 0.5) is 0 Å². The molecule has 0 fully saturated rings. The molecule has 9 heteroatoms. The number of aliphatic imine (C=N–C) groups is 1. The van der Waals surface area contributed by atoms with E-state index in [4.69, 9.17) is 11.6 Å². The van der Waals surface area contributed by atoms with Gasteiger partial charge in [-0.1, -0.05) is 25.4 Å². The summed E-state index contributed by atoms with van der Waals surface area (Å²) in [5.41, 5.74) is 3.14. The number of nitrogens with zero attached hydrogens (tertiary/aromatic N) is 4. The molecule has 2 heterocycles. The van der Waals surface area contributed by atoms with Gasteiger partial charge in [0, 0.05) is 28.7 Å². The molecule has 0 aliphatic rings. The molecule has 29 heavy (non-hydrogen) atoms. The van der Waals surface area contributed by atoms with Crippen molar-refractivity contribution in [3.63, 3.8) is 0 Å². The maximum absolute atomic E-state index is 5.94. The standard InChI is InChI=1S/C20H25ClN6S.HI/c1-4-22-20(24-11-19-26-18(13-28-19)14(2)3)23-9-15-10-25-27(12-15)17-7-5-16(21)6-8-17;/h5-8,10,12-14H,4,9,11H2,1-3H3,(H2,22,23,24);1H. The fraction of sp³-hybridized carbons (Fsp3) is 0.350. The lowest BCUT2D eigenvalue weighted by Crippen LogP contribution is -2.36. The maximum atomic E-state index is 5.94. The van der Waals surface area contributed by atoms with Crippen molar-refractivity contribution < 1.29 is 0 Å². The van der Waals surface area contributed by atoms with E-state index in [1.54, 1.807) is 11.3 Å². The highest BCUT2D eigenvalue weighted by Gasteiger charge is 2.07. The SMILES string of the molecule is CCNC(=NCc1cnn(-c2ccc(Cl)cc2)c1)NCc1nc(C(C)C)cs1.I. The molecule has 2 N–H and O–H groups in total. The molecule has 156 valence electrons. The first-order chi connectivity index (χ1) is 13.5. The molecule has 0 unspecified atom stereocenters. The number of halogens is 2. The van der Waals surface area contributed by atoms with Crippen molar-refractivity contribution in [2.75, 3.05) is 6.54 Å². The second kappa shape index (κ2) is 11.5. The van der Waals surface area contributed by atoms with Crippen molar-refractivity contribution in [2.45, 2.75) is 39.8 Å². The van der Waals surface area contributed by atoms with E-state index in [0.717, 1.165) is 34.5 Å². The average Bonchev–Trinajstić information content (AvgIpc) is 3.34. The molecule has 3 aromatic rings. The summed E-state index contributed by atoms with van der Waals surface area (Å²) in [5, 5.41) is 14.9. The van der Waals surface area contributed by atoms with Gasteiger partial charge in [0.25, 0.3) is 0 Å². The summed E-state index contributed by atoms with van der Waals surface area (Å²) in [6.07, 6.45) is 3.81. The monoisotopic (exact) mass is 544 g/mol. The van der Waals surface area contributed by atoms with E-state index in [-0.39, 0.29) is 24.0 Å². The van der Waals surface area contributed by atoms with Gasteiger partial charge >= 0.3 is 0 Å². The van der Waals surface area contributed by atoms with Gasteiger partial charge in [0.2, 0.25) is 0 Å². The number of benzene rings is 1. The second-order valence-electron chi connectivity index (χ2n) is 6.64. The van der Waals surface area contributed by atoms with E-state index in [9.17, 15) is 0 Å². The first kappa shape index (κ1) is 23.6. The molecule has 1 aromatic carbocycles. The molecular formula is C20H26ClIN6S. The number of hydrogen-bond donors (Lipinski definition) is 2. The molecule has 0 saturated heterocycles. The van der Waals surface area contributed by atoms with Crippen LogP contribution in [0.5, 0.6) is 0 Å². The number of rotatable bonds is 7. The summed E-state index contributed by atoms with van der Waals surface area (Å²) in [6, 6.07) is 7.58. The Bertz CT molecular complexity index is 919. The number of nitrogens with one attached hydrogen (secondary N) is 2. The molecule has 0 bridgehead atoms. The molecule has 0 aliphatic heterocycles. The Balaban J connectivity index is 0.00000300. The third-order valence-electron chi connectivity index (χ3n) is 4.06. The van der Waals surface area contributed by atoms with Gasteiger partial charge in [0.1, 0.15) is 5.01 Å². The molecule has 0 amide bonds. The zero-order valence-electron chi connectivity index (χ0n) is 16.7. The molecule has 0 aliphatic carbocycles. The lowest BCUT2D eigenvalue weighted by molar-refractivity contribution is 0.788. The zero-order valence-corrected chi connectivity index (χ0v) is 20.6. The number of guanidine groups is 1. The number of hydrogen-bond acceptors (Lipinski definition) is 4. The zero-order chi connectivity index (χ0) is 19.9. The van der Waals surface area contributed by atoms with E-state index in [2.05, 4.69) is 51.9 Å². The second-order valence-corrected chi connectivity index (χ2v) is 8.02. The van der Waals surface area contributed by atoms with Crippen LogP contribution in [0.2, 0.25) is 5.02 Å². The number of thiazole rings is 1. The molecule has 0 atom stereocenters. The van der Waals surface area contributed by atoms with Crippen molar-refractivity contribution in [3.8, 4) is 5.69 Å². The number of aromatic nitrogens is 3. The Morgan fingerprint density at radius 3 is 2.66 bits per heavy atom. The molecule has 2 aromatic heterocycles. The summed E-state index contributed by atoms with van der Waals surface area (Å²) in [7, 11) is 0. The van der Waals surface area contributed by atoms with Crippen LogP contribution in [0.25, 0.3) is 5.69 Å². The maximum Gasteiger partial charge on any atom is 0.191 e. The highest BCUT2D eigenvalue weighted by Crippen LogP contribution is 2.17. The van der Waals surface area contributed by atoms with Crippen LogP contribution in [-0.4, -0.2) is 27.3 Å². The lowest BCUT2D eigenvalue weighted by atomic mass is 10.2. The summed E-state index contributed by atoms with van der Waals surface area (Å²) in [4.78, 5) is 9.31. The Hall–Kier alpha value is -1.65. The van der Waals surface area contributed by atoms with E-state index >= 15 is 0 Å². The predicted octanol–water partition coefficient (Wildman–Crippen LogP) is 4.98. The predicted molar refractivity (Wildman–Crippen MR) is 132 cm³/mol. The van der Waals surface area contributed by atoms with Gasteiger partial charge in [0.15, 0.2) is 5.96 Å². The van der Waals surface area contributed by atoms with Crippen LogP contribution in [-0.2, 0) is 13.1 Å². The lowest BCUT2D eigenvalue weighted by Gasteiger charge is -2.09. The quantitative estimate of drug-likeness (QED) is 0.250. The summed E-state index contributed by atoms with van der Waals surface area (Å²) in [5.74, 6) is 1.21. The topological polar surface area (TPSA) is 67.1 Å². The minimum Gasteiger partial charge on any atom is -0.357 e. The minimum absolute atomic E-state index is 0. The Morgan fingerprint density at radius 1 is 1.24 bits per heavy atom. The van der Waals surface area contributed by atoms with Crippen molar-refractivity contribution in [1.82, 2.24) is 25.4 Å². The normalized spacial score (nSPS) is 11.4. The van der Waals surface area contributed by atoms with E-state index in [1.807, 2.05) is 41.3 Å². The van der Waals surface area contributed by atoms with Crippen LogP contribution in [0, 0.1) is 0 Å². The first-order valence-electron chi connectivity index (χ1n) is 9.31. The molecule has 0 saturated carbocycles. The highest BCUT2D eigenvalue weighted by molar-refractivity contribution is 14.0. The average molecular weight is 545 g/mol. The minimum atomic E-state index is 0. The third kappa shape index (κ3) is 6.97. The Labute approximate surface area is 197 Å². The van der Waals surface area contributed by atoms with E-state index in [1.165, 1.54) is 0 Å². The molecular weight excluding hydrogens is 519 g/mol. The van der Waals surface area contributed by atoms with Crippen LogP contribution in [0.15, 0.2) is 47.0 Å².